The highest BCUT2D eigenvalue weighted by atomic mass is 16.2. The number of benzene rings is 4. The number of hydrogen-bond donors (Lipinski definition) is 2. The Morgan fingerprint density at radius 3 is 1.24 bits per heavy atom. The third-order valence-corrected chi connectivity index (χ3v) is 8.75. The highest BCUT2D eigenvalue weighted by Crippen LogP contribution is 2.27. The fourth-order valence-electron chi connectivity index (χ4n) is 6.11. The van der Waals surface area contributed by atoms with Gasteiger partial charge in [-0.05, 0) is 46.2 Å². The van der Waals surface area contributed by atoms with Crippen LogP contribution in [0.15, 0.2) is 122 Å². The van der Waals surface area contributed by atoms with E-state index in [-0.39, 0.29) is 11.8 Å². The lowest BCUT2D eigenvalue weighted by atomic mass is 10.0. The number of carbonyl (C=O) groups excluding carboxylic acids is 2. The molecule has 2 heterocycles. The van der Waals surface area contributed by atoms with Crippen molar-refractivity contribution in [3.8, 4) is 33.6 Å². The summed E-state index contributed by atoms with van der Waals surface area (Å²) in [6.07, 6.45) is 6.21. The van der Waals surface area contributed by atoms with Crippen molar-refractivity contribution >= 4 is 11.8 Å². The number of imidazole rings is 2. The van der Waals surface area contributed by atoms with E-state index in [1.807, 2.05) is 82.9 Å². The summed E-state index contributed by atoms with van der Waals surface area (Å²) < 4.78 is 0. The molecule has 254 valence electrons. The van der Waals surface area contributed by atoms with E-state index >= 15 is 0 Å². The van der Waals surface area contributed by atoms with Crippen molar-refractivity contribution < 1.29 is 9.59 Å². The maximum Gasteiger partial charge on any atom is 0.227 e. The number of aromatic amines is 2. The van der Waals surface area contributed by atoms with Gasteiger partial charge >= 0.3 is 0 Å². The average molecular weight is 665 g/mol. The summed E-state index contributed by atoms with van der Waals surface area (Å²) in [4.78, 5) is 45.9. The third kappa shape index (κ3) is 8.82. The summed E-state index contributed by atoms with van der Waals surface area (Å²) in [6, 6.07) is 36.5. The van der Waals surface area contributed by atoms with E-state index in [4.69, 9.17) is 0 Å². The maximum absolute atomic E-state index is 13.1. The van der Waals surface area contributed by atoms with Gasteiger partial charge in [-0.15, -0.1) is 0 Å². The molecule has 0 atom stereocenters. The van der Waals surface area contributed by atoms with Crippen LogP contribution >= 0.6 is 0 Å². The van der Waals surface area contributed by atoms with E-state index in [0.717, 1.165) is 69.3 Å². The van der Waals surface area contributed by atoms with Crippen molar-refractivity contribution in [3.63, 3.8) is 0 Å². The smallest absolute Gasteiger partial charge is 0.227 e. The second kappa shape index (κ2) is 16.6. The SMILES string of the molecule is CCCN(Cc1ncc(-c2ccc(-c3ccc(-c4cnc(CN(CCC)C(=O)Cc5ccccc5)[nH]4)cc3)cc2)[nH]1)C(=O)Cc1ccccc1. The van der Waals surface area contributed by atoms with Gasteiger partial charge in [0.2, 0.25) is 11.8 Å². The fraction of sp³-hybridized carbons (Fsp3) is 0.238. The molecule has 0 saturated carbocycles. The van der Waals surface area contributed by atoms with Gasteiger partial charge in [-0.3, -0.25) is 9.59 Å². The van der Waals surface area contributed by atoms with Crippen LogP contribution in [0.1, 0.15) is 49.5 Å². The zero-order chi connectivity index (χ0) is 34.7. The molecule has 0 aliphatic carbocycles. The van der Waals surface area contributed by atoms with Crippen LogP contribution in [0, 0.1) is 0 Å². The van der Waals surface area contributed by atoms with E-state index in [1.165, 1.54) is 0 Å². The van der Waals surface area contributed by atoms with Crippen LogP contribution in [0.3, 0.4) is 0 Å². The van der Waals surface area contributed by atoms with E-state index in [0.29, 0.717) is 39.0 Å². The van der Waals surface area contributed by atoms with Crippen molar-refractivity contribution in [1.29, 1.82) is 0 Å². The molecule has 0 spiro atoms. The first-order valence-corrected chi connectivity index (χ1v) is 17.4. The molecule has 0 radical (unpaired) electrons. The number of carbonyl (C=O) groups is 2. The van der Waals surface area contributed by atoms with Gasteiger partial charge in [0.05, 0.1) is 49.7 Å². The lowest BCUT2D eigenvalue weighted by Crippen LogP contribution is -2.33. The van der Waals surface area contributed by atoms with Gasteiger partial charge in [0.1, 0.15) is 11.6 Å². The minimum Gasteiger partial charge on any atom is -0.341 e. The Balaban J connectivity index is 1.06. The van der Waals surface area contributed by atoms with E-state index in [2.05, 4.69) is 82.3 Å². The van der Waals surface area contributed by atoms with Crippen LogP contribution < -0.4 is 0 Å². The molecule has 50 heavy (non-hydrogen) atoms. The van der Waals surface area contributed by atoms with Crippen LogP contribution in [-0.4, -0.2) is 54.6 Å². The Morgan fingerprint density at radius 1 is 0.520 bits per heavy atom. The second-order valence-electron chi connectivity index (χ2n) is 12.6. The minimum absolute atomic E-state index is 0.101. The van der Waals surface area contributed by atoms with Crippen LogP contribution in [0.25, 0.3) is 33.6 Å². The van der Waals surface area contributed by atoms with Gasteiger partial charge in [-0.25, -0.2) is 9.97 Å². The van der Waals surface area contributed by atoms with Crippen molar-refractivity contribution in [3.05, 3.63) is 144 Å². The molecule has 6 aromatic rings. The Labute approximate surface area is 294 Å². The van der Waals surface area contributed by atoms with E-state index in [9.17, 15) is 9.59 Å². The molecule has 0 fully saturated rings. The minimum atomic E-state index is 0.101. The first kappa shape index (κ1) is 34.1. The molecule has 6 rings (SSSR count). The molecular formula is C42H44N6O2. The molecule has 0 bridgehead atoms. The maximum atomic E-state index is 13.1. The van der Waals surface area contributed by atoms with Crippen LogP contribution in [-0.2, 0) is 35.5 Å². The van der Waals surface area contributed by atoms with Crippen molar-refractivity contribution in [2.45, 2.75) is 52.6 Å². The number of nitrogens with one attached hydrogen (secondary N) is 2. The first-order chi connectivity index (χ1) is 24.5. The monoisotopic (exact) mass is 664 g/mol. The third-order valence-electron chi connectivity index (χ3n) is 8.75. The molecule has 4 aromatic carbocycles. The summed E-state index contributed by atoms with van der Waals surface area (Å²) in [6.45, 7) is 6.44. The zero-order valence-electron chi connectivity index (χ0n) is 28.8. The van der Waals surface area contributed by atoms with Crippen LogP contribution in [0.5, 0.6) is 0 Å². The highest BCUT2D eigenvalue weighted by Gasteiger charge is 2.17. The quantitative estimate of drug-likeness (QED) is 0.116. The lowest BCUT2D eigenvalue weighted by Gasteiger charge is -2.21. The number of amides is 2. The first-order valence-electron chi connectivity index (χ1n) is 17.4. The van der Waals surface area contributed by atoms with Gasteiger partial charge in [0.25, 0.3) is 0 Å². The number of H-pyrrole nitrogens is 2. The van der Waals surface area contributed by atoms with Gasteiger partial charge in [0, 0.05) is 13.1 Å². The largest absolute Gasteiger partial charge is 0.341 e. The molecule has 0 unspecified atom stereocenters. The molecule has 8 nitrogen and oxygen atoms in total. The summed E-state index contributed by atoms with van der Waals surface area (Å²) in [5, 5.41) is 0. The van der Waals surface area contributed by atoms with E-state index in [1.54, 1.807) is 0 Å². The highest BCUT2D eigenvalue weighted by molar-refractivity contribution is 5.79. The van der Waals surface area contributed by atoms with E-state index < -0.39 is 0 Å². The molecular weight excluding hydrogens is 621 g/mol. The molecule has 8 heteroatoms. The standard InChI is InChI=1S/C42H44N6O2/c1-3-23-47(41(49)25-31-11-7-5-8-12-31)29-39-43-27-37(45-39)35-19-15-33(16-20-35)34-17-21-36(22-18-34)38-28-44-40(46-38)30-48(24-4-2)42(50)26-32-13-9-6-10-14-32/h5-22,27-28H,3-4,23-26,29-30H2,1-2H3,(H,43,45)(H,44,46). The van der Waals surface area contributed by atoms with Crippen LogP contribution in [0.4, 0.5) is 0 Å². The summed E-state index contributed by atoms with van der Waals surface area (Å²) in [7, 11) is 0. The molecule has 2 aromatic heterocycles. The molecule has 0 aliphatic heterocycles. The van der Waals surface area contributed by atoms with Gasteiger partial charge < -0.3 is 19.8 Å². The fourth-order valence-corrected chi connectivity index (χ4v) is 6.11. The summed E-state index contributed by atoms with van der Waals surface area (Å²) >= 11 is 0. The summed E-state index contributed by atoms with van der Waals surface area (Å²) in [5.74, 6) is 1.75. The predicted octanol–water partition coefficient (Wildman–Crippen LogP) is 8.10. The van der Waals surface area contributed by atoms with Crippen molar-refractivity contribution in [1.82, 2.24) is 29.7 Å². The normalized spacial score (nSPS) is 11.0. The Morgan fingerprint density at radius 2 is 0.880 bits per heavy atom. The lowest BCUT2D eigenvalue weighted by molar-refractivity contribution is -0.132. The number of nitrogens with zero attached hydrogens (tertiary/aromatic N) is 4. The Bertz CT molecular complexity index is 1820. The van der Waals surface area contributed by atoms with Crippen LogP contribution in [0.2, 0.25) is 0 Å². The molecule has 0 aliphatic rings. The number of rotatable bonds is 15. The van der Waals surface area contributed by atoms with Gasteiger partial charge in [0.15, 0.2) is 0 Å². The van der Waals surface area contributed by atoms with Crippen molar-refractivity contribution in [2.75, 3.05) is 13.1 Å². The van der Waals surface area contributed by atoms with Gasteiger partial charge in [-0.2, -0.15) is 0 Å². The Hall–Kier alpha value is -5.76. The number of aromatic nitrogens is 4. The molecule has 0 saturated heterocycles. The number of hydrogen-bond acceptors (Lipinski definition) is 4. The molecule has 2 amide bonds. The summed E-state index contributed by atoms with van der Waals surface area (Å²) in [5.41, 5.74) is 8.16. The topological polar surface area (TPSA) is 98.0 Å². The van der Waals surface area contributed by atoms with Gasteiger partial charge in [-0.1, -0.05) is 123 Å². The predicted molar refractivity (Wildman–Crippen MR) is 199 cm³/mol. The zero-order valence-corrected chi connectivity index (χ0v) is 28.8. The Kier molecular flexibility index (Phi) is 11.3. The average Bonchev–Trinajstić information content (AvgIpc) is 3.82. The van der Waals surface area contributed by atoms with Crippen molar-refractivity contribution in [2.24, 2.45) is 0 Å². The second-order valence-corrected chi connectivity index (χ2v) is 12.6. The molecule has 2 N–H and O–H groups in total.